The van der Waals surface area contributed by atoms with Crippen LogP contribution >= 0.6 is 0 Å². The van der Waals surface area contributed by atoms with Crippen molar-refractivity contribution in [3.8, 4) is 5.69 Å². The molecule has 0 saturated heterocycles. The number of rotatable bonds is 2. The van der Waals surface area contributed by atoms with Crippen molar-refractivity contribution >= 4 is 11.0 Å². The largest absolute Gasteiger partial charge is 0.342 e. The van der Waals surface area contributed by atoms with E-state index >= 15 is 0 Å². The quantitative estimate of drug-likeness (QED) is 0.317. The van der Waals surface area contributed by atoms with Crippen molar-refractivity contribution in [3.63, 3.8) is 0 Å². The number of imidazole rings is 1. The van der Waals surface area contributed by atoms with Gasteiger partial charge in [0.1, 0.15) is 0 Å². The van der Waals surface area contributed by atoms with Gasteiger partial charge in [0.25, 0.3) is 0 Å². The van der Waals surface area contributed by atoms with Crippen LogP contribution in [0.2, 0.25) is 0 Å². The van der Waals surface area contributed by atoms with Gasteiger partial charge in [0, 0.05) is 20.1 Å². The summed E-state index contributed by atoms with van der Waals surface area (Å²) in [6.07, 6.45) is 3.54. The Hall–Kier alpha value is -1.44. The fourth-order valence-corrected chi connectivity index (χ4v) is 4.64. The fraction of sp³-hybridized carbons (Fsp3) is 0.458. The molecular weight excluding hydrogens is 508 g/mol. The number of hydrogen-bond donors (Lipinski definition) is 0. The number of para-hydroxylation sites is 1. The Bertz CT molecular complexity index is 994. The predicted molar refractivity (Wildman–Crippen MR) is 107 cm³/mol. The normalized spacial score (nSPS) is 18.9. The van der Waals surface area contributed by atoms with Crippen LogP contribution in [0.5, 0.6) is 0 Å². The molecule has 4 rings (SSSR count). The maximum atomic E-state index is 3.54. The molecular formula is C24H29IrN2-. The van der Waals surface area contributed by atoms with E-state index in [0.717, 1.165) is 12.2 Å². The number of aromatic nitrogens is 2. The van der Waals surface area contributed by atoms with Crippen molar-refractivity contribution in [1.29, 1.82) is 0 Å². The molecule has 0 amide bonds. The summed E-state index contributed by atoms with van der Waals surface area (Å²) >= 11 is 0. The molecule has 0 unspecified atom stereocenters. The molecule has 0 aliphatic heterocycles. The predicted octanol–water partition coefficient (Wildman–Crippen LogP) is 5.13. The van der Waals surface area contributed by atoms with Crippen LogP contribution in [0.1, 0.15) is 59.6 Å². The summed E-state index contributed by atoms with van der Waals surface area (Å²) in [5.41, 5.74) is 6.85. The maximum Gasteiger partial charge on any atom is 0.242 e. The molecule has 3 heteroatoms. The van der Waals surface area contributed by atoms with E-state index in [9.17, 15) is 0 Å². The maximum absolute atomic E-state index is 3.54. The van der Waals surface area contributed by atoms with E-state index in [0.29, 0.717) is 0 Å². The molecule has 0 spiro atoms. The molecule has 1 aromatic heterocycles. The van der Waals surface area contributed by atoms with Gasteiger partial charge < -0.3 is 9.13 Å². The Morgan fingerprint density at radius 3 is 2.15 bits per heavy atom. The third-order valence-corrected chi connectivity index (χ3v) is 7.59. The molecule has 1 radical (unpaired) electrons. The third kappa shape index (κ3) is 2.51. The molecule has 1 heterocycles. The molecule has 0 saturated carbocycles. The minimum atomic E-state index is 0. The Balaban J connectivity index is 0.00000210. The summed E-state index contributed by atoms with van der Waals surface area (Å²) in [7, 11) is 0. The van der Waals surface area contributed by atoms with E-state index in [1.807, 2.05) is 12.1 Å². The molecule has 1 aliphatic carbocycles. The third-order valence-electron chi connectivity index (χ3n) is 7.59. The zero-order valence-corrected chi connectivity index (χ0v) is 19.8. The average Bonchev–Trinajstić information content (AvgIpc) is 3.02. The van der Waals surface area contributed by atoms with Gasteiger partial charge >= 0.3 is 0 Å². The summed E-state index contributed by atoms with van der Waals surface area (Å²) in [4.78, 5) is 0. The van der Waals surface area contributed by atoms with Crippen LogP contribution in [0.4, 0.5) is 0 Å². The molecule has 0 atom stereocenters. The molecule has 3 aromatic rings. The van der Waals surface area contributed by atoms with Gasteiger partial charge in [-0.05, 0) is 34.3 Å². The summed E-state index contributed by atoms with van der Waals surface area (Å²) in [6.45, 7) is 17.5. The fourth-order valence-electron chi connectivity index (χ4n) is 4.64. The zero-order valence-electron chi connectivity index (χ0n) is 17.4. The van der Waals surface area contributed by atoms with Crippen molar-refractivity contribution in [1.82, 2.24) is 4.57 Å². The van der Waals surface area contributed by atoms with Gasteiger partial charge in [0.05, 0.1) is 17.6 Å². The van der Waals surface area contributed by atoms with Crippen molar-refractivity contribution in [3.05, 3.63) is 59.9 Å². The van der Waals surface area contributed by atoms with Crippen LogP contribution in [0.3, 0.4) is 0 Å². The van der Waals surface area contributed by atoms with E-state index in [2.05, 4.69) is 94.3 Å². The smallest absolute Gasteiger partial charge is 0.242 e. The minimum absolute atomic E-state index is 0. The Morgan fingerprint density at radius 1 is 0.963 bits per heavy atom. The van der Waals surface area contributed by atoms with Crippen LogP contribution in [-0.4, -0.2) is 4.57 Å². The Labute approximate surface area is 177 Å². The summed E-state index contributed by atoms with van der Waals surface area (Å²) in [5, 5.41) is 0. The molecule has 2 nitrogen and oxygen atoms in total. The first-order valence-corrected chi connectivity index (χ1v) is 9.62. The topological polar surface area (TPSA) is 8.81 Å². The van der Waals surface area contributed by atoms with Crippen LogP contribution < -0.4 is 4.57 Å². The van der Waals surface area contributed by atoms with E-state index in [1.54, 1.807) is 0 Å². The van der Waals surface area contributed by atoms with Crippen molar-refractivity contribution < 1.29 is 24.7 Å². The molecule has 1 aliphatic rings. The number of aryl methyl sites for hydroxylation is 1. The van der Waals surface area contributed by atoms with Crippen LogP contribution in [0.15, 0.2) is 36.4 Å². The van der Waals surface area contributed by atoms with Crippen LogP contribution in [0.25, 0.3) is 16.7 Å². The van der Waals surface area contributed by atoms with Gasteiger partial charge in [0.15, 0.2) is 0 Å². The van der Waals surface area contributed by atoms with Gasteiger partial charge in [-0.2, -0.15) is 30.3 Å². The molecule has 2 aromatic carbocycles. The number of fused-ring (bicyclic) bond motifs is 2. The average molecular weight is 538 g/mol. The molecule has 0 N–H and O–H groups in total. The van der Waals surface area contributed by atoms with E-state index in [1.165, 1.54) is 22.2 Å². The van der Waals surface area contributed by atoms with Gasteiger partial charge in [-0.25, -0.2) is 0 Å². The van der Waals surface area contributed by atoms with Crippen molar-refractivity contribution in [2.75, 3.05) is 0 Å². The second-order valence-corrected chi connectivity index (χ2v) is 9.19. The number of hydrogen-bond acceptors (Lipinski definition) is 0. The second-order valence-electron chi connectivity index (χ2n) is 9.19. The standard InChI is InChI=1S/C24H29N2.Ir/c1-8-25-16-26(17-12-10-9-11-13-17)21-15-19-18(14-20(21)25)22(2,3)24(6,7)23(19,4)5;/h9-12,14-15H,8H2,1-7H3;/q-1;. The Kier molecular flexibility index (Phi) is 4.73. The van der Waals surface area contributed by atoms with Gasteiger partial charge in [0.2, 0.25) is 6.33 Å². The first kappa shape index (κ1) is 20.3. The number of benzene rings is 2. The molecule has 145 valence electrons. The van der Waals surface area contributed by atoms with E-state index in [4.69, 9.17) is 0 Å². The zero-order chi connectivity index (χ0) is 18.9. The van der Waals surface area contributed by atoms with E-state index in [-0.39, 0.29) is 36.4 Å². The first-order chi connectivity index (χ1) is 12.1. The van der Waals surface area contributed by atoms with Gasteiger partial charge in [-0.1, -0.05) is 59.4 Å². The van der Waals surface area contributed by atoms with Crippen molar-refractivity contribution in [2.45, 2.75) is 65.8 Å². The minimum Gasteiger partial charge on any atom is -0.342 e. The Morgan fingerprint density at radius 2 is 1.59 bits per heavy atom. The monoisotopic (exact) mass is 538 g/mol. The SMILES string of the molecule is CC[n+]1[c-]n(-c2[c-]cccc2)c2cc3c(cc21)C(C)(C)C(C)(C)C3(C)C.[Ir]. The van der Waals surface area contributed by atoms with Crippen LogP contribution in [0, 0.1) is 17.8 Å². The second kappa shape index (κ2) is 6.29. The van der Waals surface area contributed by atoms with Gasteiger partial charge in [-0.3, -0.25) is 0 Å². The summed E-state index contributed by atoms with van der Waals surface area (Å²) < 4.78 is 4.39. The first-order valence-electron chi connectivity index (χ1n) is 9.62. The summed E-state index contributed by atoms with van der Waals surface area (Å²) in [5.74, 6) is 0. The van der Waals surface area contributed by atoms with Gasteiger partial charge in [-0.15, -0.1) is 0 Å². The molecule has 0 bridgehead atoms. The van der Waals surface area contributed by atoms with Crippen LogP contribution in [-0.2, 0) is 37.5 Å². The van der Waals surface area contributed by atoms with E-state index < -0.39 is 0 Å². The summed E-state index contributed by atoms with van der Waals surface area (Å²) in [6, 6.07) is 16.3. The van der Waals surface area contributed by atoms with Crippen molar-refractivity contribution in [2.24, 2.45) is 5.41 Å². The molecule has 27 heavy (non-hydrogen) atoms. The molecule has 0 fully saturated rings. The number of nitrogens with zero attached hydrogens (tertiary/aromatic N) is 2.